The molecule has 0 aromatic carbocycles. The van der Waals surface area contributed by atoms with Crippen molar-refractivity contribution in [2.24, 2.45) is 5.14 Å². The Morgan fingerprint density at radius 1 is 1.75 bits per heavy atom. The Labute approximate surface area is 77.8 Å². The Morgan fingerprint density at radius 2 is 2.50 bits per heavy atom. The molecule has 3 nitrogen and oxygen atoms in total. The highest BCUT2D eigenvalue weighted by Gasteiger charge is 2.24. The van der Waals surface area contributed by atoms with Crippen LogP contribution in [0.3, 0.4) is 0 Å². The third kappa shape index (κ3) is 2.38. The second kappa shape index (κ2) is 4.72. The average Bonchev–Trinajstić information content (AvgIpc) is 2.52. The smallest absolute Gasteiger partial charge is 0.222 e. The van der Waals surface area contributed by atoms with Crippen molar-refractivity contribution in [3.05, 3.63) is 0 Å². The molecule has 12 heavy (non-hydrogen) atoms. The van der Waals surface area contributed by atoms with Gasteiger partial charge in [-0.15, -0.1) is 0 Å². The summed E-state index contributed by atoms with van der Waals surface area (Å²) in [5.41, 5.74) is 0. The number of nitrogens with two attached hydrogens (primary N) is 1. The zero-order valence-corrected chi connectivity index (χ0v) is 8.27. The molecule has 1 aliphatic heterocycles. The molecule has 4 heteroatoms. The van der Waals surface area contributed by atoms with Crippen molar-refractivity contribution in [1.82, 2.24) is 4.90 Å². The minimum Gasteiger partial charge on any atom is -0.341 e. The third-order valence-electron chi connectivity index (χ3n) is 2.15. The number of carbonyl (C=O) groups is 1. The Morgan fingerprint density at radius 3 is 3.00 bits per heavy atom. The van der Waals surface area contributed by atoms with Crippen molar-refractivity contribution >= 4 is 17.9 Å². The summed E-state index contributed by atoms with van der Waals surface area (Å²) in [7, 11) is 0. The van der Waals surface area contributed by atoms with E-state index in [1.807, 2.05) is 11.8 Å². The summed E-state index contributed by atoms with van der Waals surface area (Å²) in [6, 6.07) is 0. The van der Waals surface area contributed by atoms with E-state index < -0.39 is 0 Å². The molecule has 70 valence electrons. The lowest BCUT2D eigenvalue weighted by molar-refractivity contribution is -0.130. The van der Waals surface area contributed by atoms with Crippen LogP contribution >= 0.6 is 11.9 Å². The zero-order chi connectivity index (χ0) is 8.97. The van der Waals surface area contributed by atoms with Crippen LogP contribution in [0.1, 0.15) is 26.2 Å². The second-order valence-electron chi connectivity index (χ2n) is 3.14. The largest absolute Gasteiger partial charge is 0.341 e. The quantitative estimate of drug-likeness (QED) is 0.672. The van der Waals surface area contributed by atoms with Crippen molar-refractivity contribution < 1.29 is 4.79 Å². The molecule has 0 saturated carbocycles. The van der Waals surface area contributed by atoms with Crippen LogP contribution in [0.4, 0.5) is 0 Å². The van der Waals surface area contributed by atoms with E-state index in [9.17, 15) is 4.79 Å². The fraction of sp³-hybridized carbons (Fsp3) is 0.875. The zero-order valence-electron chi connectivity index (χ0n) is 7.45. The van der Waals surface area contributed by atoms with Gasteiger partial charge >= 0.3 is 0 Å². The van der Waals surface area contributed by atoms with Crippen LogP contribution in [0.5, 0.6) is 0 Å². The molecule has 1 aliphatic rings. The van der Waals surface area contributed by atoms with Gasteiger partial charge in [-0.05, 0) is 12.8 Å². The molecule has 1 unspecified atom stereocenters. The topological polar surface area (TPSA) is 46.3 Å². The number of likely N-dealkylation sites (tertiary alicyclic amines) is 1. The molecule has 1 saturated heterocycles. The predicted octanol–water partition coefficient (Wildman–Crippen LogP) is 0.994. The fourth-order valence-corrected chi connectivity index (χ4v) is 1.95. The minimum atomic E-state index is 0.286. The summed E-state index contributed by atoms with van der Waals surface area (Å²) in [6.07, 6.45) is 2.67. The summed E-state index contributed by atoms with van der Waals surface area (Å²) < 4.78 is 0. The SMILES string of the molecule is CCCC(=O)N1CCC(SN)C1. The maximum absolute atomic E-state index is 11.4. The minimum absolute atomic E-state index is 0.286. The molecule has 0 radical (unpaired) electrons. The highest BCUT2D eigenvalue weighted by atomic mass is 32.2. The van der Waals surface area contributed by atoms with Crippen LogP contribution in [0.15, 0.2) is 0 Å². The van der Waals surface area contributed by atoms with E-state index >= 15 is 0 Å². The molecule has 1 heterocycles. The molecule has 1 rings (SSSR count). The van der Waals surface area contributed by atoms with E-state index in [0.717, 1.165) is 25.9 Å². The molecule has 0 aliphatic carbocycles. The summed E-state index contributed by atoms with van der Waals surface area (Å²) in [5.74, 6) is 0.286. The van der Waals surface area contributed by atoms with Crippen molar-refractivity contribution in [1.29, 1.82) is 0 Å². The summed E-state index contributed by atoms with van der Waals surface area (Å²) in [5, 5.41) is 5.91. The van der Waals surface area contributed by atoms with Crippen LogP contribution in [0.25, 0.3) is 0 Å². The van der Waals surface area contributed by atoms with Gasteiger partial charge in [0.15, 0.2) is 0 Å². The first-order valence-electron chi connectivity index (χ1n) is 4.41. The van der Waals surface area contributed by atoms with E-state index in [1.54, 1.807) is 0 Å². The molecule has 0 aromatic rings. The lowest BCUT2D eigenvalue weighted by Crippen LogP contribution is -2.28. The molecule has 1 atom stereocenters. The number of hydrogen-bond donors (Lipinski definition) is 1. The Balaban J connectivity index is 2.31. The maximum atomic E-state index is 11.4. The van der Waals surface area contributed by atoms with Crippen LogP contribution in [0, 0.1) is 0 Å². The lowest BCUT2D eigenvalue weighted by Gasteiger charge is -2.14. The van der Waals surface area contributed by atoms with Gasteiger partial charge in [0, 0.05) is 24.8 Å². The van der Waals surface area contributed by atoms with Crippen molar-refractivity contribution in [3.63, 3.8) is 0 Å². The first kappa shape index (κ1) is 9.86. The van der Waals surface area contributed by atoms with E-state index in [1.165, 1.54) is 11.9 Å². The van der Waals surface area contributed by atoms with Gasteiger partial charge in [-0.3, -0.25) is 9.93 Å². The number of rotatable bonds is 3. The van der Waals surface area contributed by atoms with Gasteiger partial charge in [-0.2, -0.15) is 0 Å². The second-order valence-corrected chi connectivity index (χ2v) is 4.08. The normalized spacial score (nSPS) is 23.2. The molecular formula is C8H16N2OS. The highest BCUT2D eigenvalue weighted by molar-refractivity contribution is 7.97. The Hall–Kier alpha value is -0.220. The molecular weight excluding hydrogens is 172 g/mol. The predicted molar refractivity (Wildman–Crippen MR) is 51.7 cm³/mol. The molecule has 0 bridgehead atoms. The molecule has 2 N–H and O–H groups in total. The van der Waals surface area contributed by atoms with Gasteiger partial charge < -0.3 is 4.90 Å². The molecule has 1 amide bonds. The van der Waals surface area contributed by atoms with Crippen LogP contribution < -0.4 is 5.14 Å². The monoisotopic (exact) mass is 188 g/mol. The van der Waals surface area contributed by atoms with E-state index in [-0.39, 0.29) is 5.91 Å². The third-order valence-corrected chi connectivity index (χ3v) is 2.92. The average molecular weight is 188 g/mol. The van der Waals surface area contributed by atoms with Crippen molar-refractivity contribution in [3.8, 4) is 0 Å². The number of carbonyl (C=O) groups excluding carboxylic acids is 1. The fourth-order valence-electron chi connectivity index (χ4n) is 1.44. The molecule has 0 spiro atoms. The van der Waals surface area contributed by atoms with Gasteiger partial charge in [-0.25, -0.2) is 0 Å². The number of hydrogen-bond acceptors (Lipinski definition) is 3. The van der Waals surface area contributed by atoms with Gasteiger partial charge in [-0.1, -0.05) is 18.9 Å². The summed E-state index contributed by atoms with van der Waals surface area (Å²) >= 11 is 1.38. The van der Waals surface area contributed by atoms with Crippen molar-refractivity contribution in [2.75, 3.05) is 13.1 Å². The first-order chi connectivity index (χ1) is 5.77. The van der Waals surface area contributed by atoms with Crippen LogP contribution in [-0.4, -0.2) is 29.1 Å². The van der Waals surface area contributed by atoms with Gasteiger partial charge in [0.05, 0.1) is 0 Å². The van der Waals surface area contributed by atoms with Gasteiger partial charge in [0.1, 0.15) is 0 Å². The highest BCUT2D eigenvalue weighted by Crippen LogP contribution is 2.18. The standard InChI is InChI=1S/C8H16N2OS/c1-2-3-8(11)10-5-4-7(6-10)12-9/h7H,2-6,9H2,1H3. The van der Waals surface area contributed by atoms with Gasteiger partial charge in [0.25, 0.3) is 0 Å². The van der Waals surface area contributed by atoms with E-state index in [0.29, 0.717) is 11.7 Å². The number of nitrogens with zero attached hydrogens (tertiary/aromatic N) is 1. The summed E-state index contributed by atoms with van der Waals surface area (Å²) in [4.78, 5) is 13.3. The lowest BCUT2D eigenvalue weighted by atomic mass is 10.3. The Bertz CT molecular complexity index is 163. The van der Waals surface area contributed by atoms with Crippen LogP contribution in [0.2, 0.25) is 0 Å². The molecule has 1 fully saturated rings. The summed E-state index contributed by atoms with van der Waals surface area (Å²) in [6.45, 7) is 3.77. The van der Waals surface area contributed by atoms with Crippen molar-refractivity contribution in [2.45, 2.75) is 31.4 Å². The maximum Gasteiger partial charge on any atom is 0.222 e. The Kier molecular flexibility index (Phi) is 3.88. The number of amides is 1. The van der Waals surface area contributed by atoms with E-state index in [4.69, 9.17) is 5.14 Å². The van der Waals surface area contributed by atoms with E-state index in [2.05, 4.69) is 0 Å². The van der Waals surface area contributed by atoms with Crippen LogP contribution in [-0.2, 0) is 4.79 Å². The first-order valence-corrected chi connectivity index (χ1v) is 5.35. The molecule has 0 aromatic heterocycles. The van der Waals surface area contributed by atoms with Gasteiger partial charge in [0.2, 0.25) is 5.91 Å².